The van der Waals surface area contributed by atoms with Crippen molar-refractivity contribution in [1.29, 1.82) is 0 Å². The number of benzene rings is 2. The average molecular weight is 311 g/mol. The number of halogens is 3. The molecule has 0 aliphatic carbocycles. The van der Waals surface area contributed by atoms with Crippen LogP contribution >= 0.6 is 11.6 Å². The van der Waals surface area contributed by atoms with Crippen LogP contribution in [0, 0.1) is 25.5 Å². The van der Waals surface area contributed by atoms with E-state index in [1.807, 2.05) is 0 Å². The largest absolute Gasteiger partial charge is 0.496 e. The molecule has 0 N–H and O–H groups in total. The molecule has 0 unspecified atom stereocenters. The molecule has 0 aromatic heterocycles. The molecular weight excluding hydrogens is 298 g/mol. The van der Waals surface area contributed by atoms with Gasteiger partial charge in [-0.25, -0.2) is 8.78 Å². The van der Waals surface area contributed by atoms with Crippen molar-refractivity contribution in [2.75, 3.05) is 7.11 Å². The summed E-state index contributed by atoms with van der Waals surface area (Å²) in [4.78, 5) is 12.3. The Bertz CT molecular complexity index is 703. The Labute approximate surface area is 126 Å². The van der Waals surface area contributed by atoms with Crippen LogP contribution in [0.2, 0.25) is 5.02 Å². The zero-order valence-electron chi connectivity index (χ0n) is 11.8. The van der Waals surface area contributed by atoms with E-state index in [0.717, 1.165) is 23.3 Å². The molecule has 0 amide bonds. The predicted molar refractivity (Wildman–Crippen MR) is 77.3 cm³/mol. The molecule has 110 valence electrons. The topological polar surface area (TPSA) is 26.3 Å². The highest BCUT2D eigenvalue weighted by atomic mass is 35.5. The summed E-state index contributed by atoms with van der Waals surface area (Å²) >= 11 is 5.48. The smallest absolute Gasteiger partial charge is 0.196 e. The number of hydrogen-bond donors (Lipinski definition) is 0. The molecule has 0 saturated heterocycles. The van der Waals surface area contributed by atoms with Crippen molar-refractivity contribution in [2.24, 2.45) is 0 Å². The van der Waals surface area contributed by atoms with Crippen molar-refractivity contribution >= 4 is 17.4 Å². The van der Waals surface area contributed by atoms with Crippen LogP contribution in [0.3, 0.4) is 0 Å². The Morgan fingerprint density at radius 3 is 2.14 bits per heavy atom. The molecule has 0 bridgehead atoms. The number of rotatable bonds is 3. The first-order valence-corrected chi connectivity index (χ1v) is 6.57. The van der Waals surface area contributed by atoms with Crippen molar-refractivity contribution < 1.29 is 18.3 Å². The van der Waals surface area contributed by atoms with E-state index >= 15 is 0 Å². The summed E-state index contributed by atoms with van der Waals surface area (Å²) in [6.45, 7) is 3.56. The first kappa shape index (κ1) is 15.4. The van der Waals surface area contributed by atoms with Crippen molar-refractivity contribution in [3.63, 3.8) is 0 Å². The van der Waals surface area contributed by atoms with Crippen LogP contribution in [-0.4, -0.2) is 12.9 Å². The molecule has 0 aliphatic rings. The number of methoxy groups -OCH3 is 1. The van der Waals surface area contributed by atoms with Gasteiger partial charge in [-0.3, -0.25) is 4.79 Å². The second kappa shape index (κ2) is 5.82. The van der Waals surface area contributed by atoms with Gasteiger partial charge in [0.1, 0.15) is 17.4 Å². The van der Waals surface area contributed by atoms with Gasteiger partial charge in [0.25, 0.3) is 0 Å². The average Bonchev–Trinajstić information content (AvgIpc) is 2.41. The number of ketones is 1. The summed E-state index contributed by atoms with van der Waals surface area (Å²) in [5.41, 5.74) is 1.42. The Kier molecular flexibility index (Phi) is 4.28. The number of ether oxygens (including phenoxy) is 1. The number of aryl methyl sites for hydroxylation is 2. The molecule has 0 heterocycles. The summed E-state index contributed by atoms with van der Waals surface area (Å²) in [5.74, 6) is -1.62. The van der Waals surface area contributed by atoms with Crippen LogP contribution in [0.25, 0.3) is 0 Å². The van der Waals surface area contributed by atoms with Crippen LogP contribution in [0.15, 0.2) is 24.3 Å². The minimum absolute atomic E-state index is 0.270. The van der Waals surface area contributed by atoms with E-state index in [1.54, 1.807) is 26.0 Å². The maximum Gasteiger partial charge on any atom is 0.196 e. The van der Waals surface area contributed by atoms with Crippen molar-refractivity contribution in [3.8, 4) is 5.75 Å². The Balaban J connectivity index is 2.53. The molecule has 21 heavy (non-hydrogen) atoms. The molecule has 0 aliphatic heterocycles. The molecule has 2 nitrogen and oxygen atoms in total. The van der Waals surface area contributed by atoms with Crippen LogP contribution in [0.5, 0.6) is 5.75 Å². The lowest BCUT2D eigenvalue weighted by Crippen LogP contribution is -2.07. The Morgan fingerprint density at radius 2 is 1.62 bits per heavy atom. The molecule has 0 radical (unpaired) electrons. The van der Waals surface area contributed by atoms with Gasteiger partial charge in [-0.2, -0.15) is 0 Å². The van der Waals surface area contributed by atoms with Gasteiger partial charge in [-0.05, 0) is 49.2 Å². The first-order chi connectivity index (χ1) is 9.85. The normalized spacial score (nSPS) is 10.6. The maximum absolute atomic E-state index is 13.8. The van der Waals surface area contributed by atoms with E-state index < -0.39 is 17.4 Å². The number of carbonyl (C=O) groups is 1. The highest BCUT2D eigenvalue weighted by Gasteiger charge is 2.19. The fourth-order valence-electron chi connectivity index (χ4n) is 2.26. The molecule has 5 heteroatoms. The predicted octanol–water partition coefficient (Wildman–Crippen LogP) is 4.47. The lowest BCUT2D eigenvalue weighted by Gasteiger charge is -2.11. The summed E-state index contributed by atoms with van der Waals surface area (Å²) in [6, 6.07) is 4.78. The molecule has 0 atom stereocenters. The third-order valence-electron chi connectivity index (χ3n) is 3.18. The summed E-state index contributed by atoms with van der Waals surface area (Å²) in [6.07, 6.45) is 0. The van der Waals surface area contributed by atoms with E-state index in [1.165, 1.54) is 7.11 Å². The molecular formula is C16H13ClF2O2. The lowest BCUT2D eigenvalue weighted by atomic mass is 9.98. The highest BCUT2D eigenvalue weighted by Crippen LogP contribution is 2.27. The summed E-state index contributed by atoms with van der Waals surface area (Å²) < 4.78 is 32.5. The summed E-state index contributed by atoms with van der Waals surface area (Å²) in [5, 5.41) is -0.355. The number of hydrogen-bond acceptors (Lipinski definition) is 2. The Hall–Kier alpha value is -1.94. The molecule has 0 saturated carbocycles. The number of carbonyl (C=O) groups excluding carboxylic acids is 1. The second-order valence-electron chi connectivity index (χ2n) is 4.72. The molecule has 0 fully saturated rings. The maximum atomic E-state index is 13.8. The second-order valence-corrected chi connectivity index (χ2v) is 5.13. The van der Waals surface area contributed by atoms with Crippen molar-refractivity contribution in [2.45, 2.75) is 13.8 Å². The van der Waals surface area contributed by atoms with Crippen molar-refractivity contribution in [3.05, 3.63) is 63.2 Å². The van der Waals surface area contributed by atoms with Crippen LogP contribution < -0.4 is 4.74 Å². The molecule has 2 aromatic rings. The minimum atomic E-state index is -0.850. The SMILES string of the molecule is COc1c(C)cc(C(=O)c2cc(F)c(Cl)cc2F)cc1C. The highest BCUT2D eigenvalue weighted by molar-refractivity contribution is 6.30. The van der Waals surface area contributed by atoms with Crippen LogP contribution in [-0.2, 0) is 0 Å². The minimum Gasteiger partial charge on any atom is -0.496 e. The first-order valence-electron chi connectivity index (χ1n) is 6.19. The monoisotopic (exact) mass is 310 g/mol. The third kappa shape index (κ3) is 2.90. The van der Waals surface area contributed by atoms with Crippen LogP contribution in [0.4, 0.5) is 8.78 Å². The van der Waals surface area contributed by atoms with E-state index in [4.69, 9.17) is 16.3 Å². The van der Waals surface area contributed by atoms with Gasteiger partial charge in [0.15, 0.2) is 5.78 Å². The lowest BCUT2D eigenvalue weighted by molar-refractivity contribution is 0.103. The zero-order valence-corrected chi connectivity index (χ0v) is 12.5. The van der Waals surface area contributed by atoms with Gasteiger partial charge in [0.05, 0.1) is 17.7 Å². The fraction of sp³-hybridized carbons (Fsp3) is 0.188. The Morgan fingerprint density at radius 1 is 1.05 bits per heavy atom. The van der Waals surface area contributed by atoms with E-state index in [-0.39, 0.29) is 16.1 Å². The van der Waals surface area contributed by atoms with E-state index in [9.17, 15) is 13.6 Å². The summed E-state index contributed by atoms with van der Waals surface area (Å²) in [7, 11) is 1.53. The van der Waals surface area contributed by atoms with Gasteiger partial charge in [-0.1, -0.05) is 11.6 Å². The third-order valence-corrected chi connectivity index (χ3v) is 3.47. The van der Waals surface area contributed by atoms with Gasteiger partial charge in [0, 0.05) is 5.56 Å². The van der Waals surface area contributed by atoms with Gasteiger partial charge in [-0.15, -0.1) is 0 Å². The standard InChI is InChI=1S/C16H13ClF2O2/c1-8-4-10(5-9(2)16(8)21-3)15(20)11-6-14(19)12(17)7-13(11)18/h4-7H,1-3H3. The van der Waals surface area contributed by atoms with E-state index in [0.29, 0.717) is 5.75 Å². The quantitative estimate of drug-likeness (QED) is 0.617. The molecule has 2 aromatic carbocycles. The van der Waals surface area contributed by atoms with E-state index in [2.05, 4.69) is 0 Å². The van der Waals surface area contributed by atoms with Crippen LogP contribution in [0.1, 0.15) is 27.0 Å². The molecule has 2 rings (SSSR count). The van der Waals surface area contributed by atoms with Gasteiger partial charge >= 0.3 is 0 Å². The van der Waals surface area contributed by atoms with Gasteiger partial charge < -0.3 is 4.74 Å². The zero-order chi connectivity index (χ0) is 15.7. The van der Waals surface area contributed by atoms with Crippen molar-refractivity contribution in [1.82, 2.24) is 0 Å². The van der Waals surface area contributed by atoms with Gasteiger partial charge in [0.2, 0.25) is 0 Å². The fourth-order valence-corrected chi connectivity index (χ4v) is 2.41. The molecule has 0 spiro atoms.